The highest BCUT2D eigenvalue weighted by atomic mass is 16.5. The Morgan fingerprint density at radius 2 is 1.76 bits per heavy atom. The lowest BCUT2D eigenvalue weighted by Crippen LogP contribution is -2.02. The molecule has 0 radical (unpaired) electrons. The number of carboxylic acids is 1. The number of aromatic nitrogens is 2. The summed E-state index contributed by atoms with van der Waals surface area (Å²) in [7, 11) is 2.92. The molecule has 7 nitrogen and oxygen atoms in total. The van der Waals surface area contributed by atoms with Crippen molar-refractivity contribution in [3.05, 3.63) is 35.4 Å². The van der Waals surface area contributed by atoms with E-state index in [4.69, 9.17) is 19.3 Å². The number of rotatable bonds is 5. The molecule has 2 rings (SSSR count). The number of aromatic carboxylic acids is 1. The summed E-state index contributed by atoms with van der Waals surface area (Å²) >= 11 is 0. The maximum absolute atomic E-state index is 11.1. The molecule has 0 bridgehead atoms. The first-order valence-electron chi connectivity index (χ1n) is 6.03. The van der Waals surface area contributed by atoms with Crippen LogP contribution in [0, 0.1) is 6.92 Å². The van der Waals surface area contributed by atoms with E-state index in [9.17, 15) is 4.79 Å². The van der Waals surface area contributed by atoms with Gasteiger partial charge in [0.05, 0.1) is 25.8 Å². The smallest absolute Gasteiger partial charge is 0.336 e. The average molecular weight is 290 g/mol. The number of hydrogen-bond donors (Lipinski definition) is 1. The molecule has 1 aromatic heterocycles. The Balaban J connectivity index is 2.38. The van der Waals surface area contributed by atoms with Crippen LogP contribution in [-0.4, -0.2) is 35.3 Å². The van der Waals surface area contributed by atoms with Crippen LogP contribution in [0.5, 0.6) is 23.5 Å². The highest BCUT2D eigenvalue weighted by molar-refractivity contribution is 5.90. The molecule has 1 heterocycles. The van der Waals surface area contributed by atoms with E-state index in [-0.39, 0.29) is 23.3 Å². The lowest BCUT2D eigenvalue weighted by molar-refractivity contribution is 0.0695. The normalized spacial score (nSPS) is 10.0. The Morgan fingerprint density at radius 3 is 2.29 bits per heavy atom. The Bertz CT molecular complexity index is 650. The van der Waals surface area contributed by atoms with Crippen molar-refractivity contribution in [3.8, 4) is 23.5 Å². The number of ether oxygens (including phenoxy) is 3. The number of nitrogens with zero attached hydrogens (tertiary/aromatic N) is 2. The van der Waals surface area contributed by atoms with Crippen molar-refractivity contribution < 1.29 is 24.1 Å². The van der Waals surface area contributed by atoms with E-state index in [1.807, 2.05) is 0 Å². The second-order valence-corrected chi connectivity index (χ2v) is 4.07. The molecule has 0 aliphatic carbocycles. The van der Waals surface area contributed by atoms with E-state index in [2.05, 4.69) is 9.97 Å². The predicted octanol–water partition coefficient (Wildman–Crippen LogP) is 2.29. The van der Waals surface area contributed by atoms with Crippen molar-refractivity contribution >= 4 is 5.97 Å². The number of methoxy groups -OCH3 is 2. The zero-order valence-corrected chi connectivity index (χ0v) is 11.8. The maximum atomic E-state index is 11.1. The monoisotopic (exact) mass is 290 g/mol. The van der Waals surface area contributed by atoms with Gasteiger partial charge in [0, 0.05) is 5.56 Å². The summed E-state index contributed by atoms with van der Waals surface area (Å²) in [5.41, 5.74) is 0.637. The van der Waals surface area contributed by atoms with E-state index < -0.39 is 5.97 Å². The van der Waals surface area contributed by atoms with Gasteiger partial charge in [-0.25, -0.2) is 4.79 Å². The zero-order valence-electron chi connectivity index (χ0n) is 11.8. The maximum Gasteiger partial charge on any atom is 0.336 e. The van der Waals surface area contributed by atoms with Crippen LogP contribution < -0.4 is 14.2 Å². The van der Waals surface area contributed by atoms with Crippen molar-refractivity contribution in [2.45, 2.75) is 6.92 Å². The Kier molecular flexibility index (Phi) is 4.22. The fourth-order valence-corrected chi connectivity index (χ4v) is 1.69. The SMILES string of the molecule is COc1cc(OC)nc(Oc2cccc(C(=O)O)c2C)n1. The highest BCUT2D eigenvalue weighted by Gasteiger charge is 2.14. The molecule has 0 spiro atoms. The van der Waals surface area contributed by atoms with E-state index in [1.165, 1.54) is 26.4 Å². The van der Waals surface area contributed by atoms with Crippen molar-refractivity contribution in [2.24, 2.45) is 0 Å². The number of hydrogen-bond acceptors (Lipinski definition) is 6. The largest absolute Gasteiger partial charge is 0.481 e. The van der Waals surface area contributed by atoms with Gasteiger partial charge in [0.2, 0.25) is 11.8 Å². The first-order valence-corrected chi connectivity index (χ1v) is 6.03. The van der Waals surface area contributed by atoms with Crippen LogP contribution in [-0.2, 0) is 0 Å². The van der Waals surface area contributed by atoms with Gasteiger partial charge in [-0.3, -0.25) is 0 Å². The van der Waals surface area contributed by atoms with Crippen LogP contribution in [0.25, 0.3) is 0 Å². The molecule has 0 amide bonds. The fraction of sp³-hybridized carbons (Fsp3) is 0.214. The van der Waals surface area contributed by atoms with Crippen LogP contribution >= 0.6 is 0 Å². The van der Waals surface area contributed by atoms with Crippen LogP contribution in [0.4, 0.5) is 0 Å². The zero-order chi connectivity index (χ0) is 15.4. The quantitative estimate of drug-likeness (QED) is 0.903. The van der Waals surface area contributed by atoms with E-state index >= 15 is 0 Å². The van der Waals surface area contributed by atoms with E-state index in [1.54, 1.807) is 19.1 Å². The van der Waals surface area contributed by atoms with Crippen LogP contribution in [0.3, 0.4) is 0 Å². The molecular weight excluding hydrogens is 276 g/mol. The predicted molar refractivity (Wildman–Crippen MR) is 73.3 cm³/mol. The molecule has 1 N–H and O–H groups in total. The van der Waals surface area contributed by atoms with Crippen LogP contribution in [0.2, 0.25) is 0 Å². The number of carbonyl (C=O) groups is 1. The lowest BCUT2D eigenvalue weighted by Gasteiger charge is -2.10. The van der Waals surface area contributed by atoms with Crippen LogP contribution in [0.1, 0.15) is 15.9 Å². The standard InChI is InChI=1S/C14H14N2O5/c1-8-9(13(17)18)5-4-6-10(8)21-14-15-11(19-2)7-12(16-14)20-3/h4-7H,1-3H3,(H,17,18). The summed E-state index contributed by atoms with van der Waals surface area (Å²) in [5.74, 6) is -0.111. The molecule has 110 valence electrons. The summed E-state index contributed by atoms with van der Waals surface area (Å²) in [6, 6.07) is 6.24. The van der Waals surface area contributed by atoms with Gasteiger partial charge in [0.15, 0.2) is 0 Å². The van der Waals surface area contributed by atoms with Gasteiger partial charge in [0.25, 0.3) is 0 Å². The van der Waals surface area contributed by atoms with Gasteiger partial charge in [0.1, 0.15) is 5.75 Å². The van der Waals surface area contributed by atoms with Gasteiger partial charge in [-0.15, -0.1) is 0 Å². The molecule has 1 aromatic carbocycles. The minimum Gasteiger partial charge on any atom is -0.481 e. The van der Waals surface area contributed by atoms with E-state index in [0.29, 0.717) is 11.3 Å². The van der Waals surface area contributed by atoms with Gasteiger partial charge in [-0.1, -0.05) is 6.07 Å². The van der Waals surface area contributed by atoms with Crippen molar-refractivity contribution in [2.75, 3.05) is 14.2 Å². The third-order valence-corrected chi connectivity index (χ3v) is 2.79. The van der Waals surface area contributed by atoms with Gasteiger partial charge < -0.3 is 19.3 Å². The second kappa shape index (κ2) is 6.08. The Labute approximate surface area is 121 Å². The molecule has 0 atom stereocenters. The Hall–Kier alpha value is -2.83. The summed E-state index contributed by atoms with van der Waals surface area (Å²) in [4.78, 5) is 19.2. The minimum absolute atomic E-state index is 0.0110. The molecule has 0 unspecified atom stereocenters. The molecule has 0 saturated heterocycles. The second-order valence-electron chi connectivity index (χ2n) is 4.07. The van der Waals surface area contributed by atoms with Gasteiger partial charge >= 0.3 is 12.0 Å². The first-order chi connectivity index (χ1) is 10.0. The topological polar surface area (TPSA) is 90.8 Å². The Morgan fingerprint density at radius 1 is 1.14 bits per heavy atom. The van der Waals surface area contributed by atoms with Gasteiger partial charge in [-0.2, -0.15) is 9.97 Å². The van der Waals surface area contributed by atoms with E-state index in [0.717, 1.165) is 0 Å². The molecule has 0 aliphatic heterocycles. The highest BCUT2D eigenvalue weighted by Crippen LogP contribution is 2.27. The third kappa shape index (κ3) is 3.19. The third-order valence-electron chi connectivity index (χ3n) is 2.79. The van der Waals surface area contributed by atoms with Crippen molar-refractivity contribution in [1.82, 2.24) is 9.97 Å². The summed E-state index contributed by atoms with van der Waals surface area (Å²) in [6.07, 6.45) is 0. The number of carboxylic acid groups (broad SMARTS) is 1. The van der Waals surface area contributed by atoms with Gasteiger partial charge in [-0.05, 0) is 19.1 Å². The average Bonchev–Trinajstić information content (AvgIpc) is 2.48. The summed E-state index contributed by atoms with van der Waals surface area (Å²) < 4.78 is 15.6. The molecule has 0 saturated carbocycles. The number of benzene rings is 1. The first kappa shape index (κ1) is 14.6. The molecular formula is C14H14N2O5. The summed E-state index contributed by atoms with van der Waals surface area (Å²) in [5, 5.41) is 9.09. The summed E-state index contributed by atoms with van der Waals surface area (Å²) in [6.45, 7) is 1.65. The minimum atomic E-state index is -1.03. The molecule has 0 fully saturated rings. The molecule has 0 aliphatic rings. The molecule has 2 aromatic rings. The molecule has 7 heteroatoms. The molecule has 21 heavy (non-hydrogen) atoms. The van der Waals surface area contributed by atoms with Crippen molar-refractivity contribution in [1.29, 1.82) is 0 Å². The van der Waals surface area contributed by atoms with Crippen molar-refractivity contribution in [3.63, 3.8) is 0 Å². The van der Waals surface area contributed by atoms with Crippen LogP contribution in [0.15, 0.2) is 24.3 Å². The lowest BCUT2D eigenvalue weighted by atomic mass is 10.1. The fourth-order valence-electron chi connectivity index (χ4n) is 1.69.